The molecular weight excluding hydrogens is 321 g/mol. The summed E-state index contributed by atoms with van der Waals surface area (Å²) in [6.07, 6.45) is 8.90. The minimum atomic E-state index is -0.366. The number of carbonyl (C=O) groups excluding carboxylic acids is 2. The summed E-state index contributed by atoms with van der Waals surface area (Å²) in [6, 6.07) is 5.52. The van der Waals surface area contributed by atoms with Gasteiger partial charge >= 0.3 is 5.97 Å². The summed E-state index contributed by atoms with van der Waals surface area (Å²) in [7, 11) is 0. The minimum Gasteiger partial charge on any atom is -0.465 e. The second-order valence-corrected chi connectivity index (χ2v) is 6.88. The highest BCUT2D eigenvalue weighted by Gasteiger charge is 2.30. The van der Waals surface area contributed by atoms with E-state index in [4.69, 9.17) is 4.74 Å². The Labute approximate surface area is 147 Å². The standard InChI is InChI=1S/C20H24FNO3/c21-18-10-8-16(9-11-18)19(23)22-12-4-7-17(13-22)20(24)25-14-15-5-2-1-3-6-15/h1-2,8-11,15,17H,3-7,12-14H2. The van der Waals surface area contributed by atoms with Crippen LogP contribution in [0, 0.1) is 17.7 Å². The number of hydrogen-bond acceptors (Lipinski definition) is 3. The third-order valence-electron chi connectivity index (χ3n) is 4.97. The maximum absolute atomic E-state index is 13.0. The summed E-state index contributed by atoms with van der Waals surface area (Å²) in [5.41, 5.74) is 0.449. The van der Waals surface area contributed by atoms with Crippen molar-refractivity contribution in [3.8, 4) is 0 Å². The van der Waals surface area contributed by atoms with Crippen LogP contribution in [0.3, 0.4) is 0 Å². The highest BCUT2D eigenvalue weighted by molar-refractivity contribution is 5.94. The van der Waals surface area contributed by atoms with Gasteiger partial charge in [0.25, 0.3) is 5.91 Å². The Balaban J connectivity index is 1.53. The number of amides is 1. The molecule has 1 saturated heterocycles. The molecule has 2 aliphatic rings. The summed E-state index contributed by atoms with van der Waals surface area (Å²) >= 11 is 0. The molecule has 5 heteroatoms. The number of halogens is 1. The smallest absolute Gasteiger partial charge is 0.310 e. The van der Waals surface area contributed by atoms with E-state index in [1.807, 2.05) is 0 Å². The molecule has 1 fully saturated rings. The van der Waals surface area contributed by atoms with Gasteiger partial charge in [-0.25, -0.2) is 4.39 Å². The van der Waals surface area contributed by atoms with Gasteiger partial charge in [0.2, 0.25) is 0 Å². The highest BCUT2D eigenvalue weighted by Crippen LogP contribution is 2.22. The Morgan fingerprint density at radius 2 is 1.96 bits per heavy atom. The van der Waals surface area contributed by atoms with Crippen LogP contribution in [0.4, 0.5) is 4.39 Å². The van der Waals surface area contributed by atoms with Gasteiger partial charge < -0.3 is 9.64 Å². The molecule has 1 heterocycles. The maximum Gasteiger partial charge on any atom is 0.310 e. The summed E-state index contributed by atoms with van der Waals surface area (Å²) < 4.78 is 18.5. The zero-order valence-corrected chi connectivity index (χ0v) is 14.3. The Bertz CT molecular complexity index is 641. The third-order valence-corrected chi connectivity index (χ3v) is 4.97. The fourth-order valence-electron chi connectivity index (χ4n) is 3.45. The minimum absolute atomic E-state index is 0.157. The van der Waals surface area contributed by atoms with Gasteiger partial charge in [0.05, 0.1) is 12.5 Å². The molecule has 0 aromatic heterocycles. The molecule has 3 rings (SSSR count). The van der Waals surface area contributed by atoms with Crippen molar-refractivity contribution >= 4 is 11.9 Å². The van der Waals surface area contributed by atoms with E-state index in [0.29, 0.717) is 31.2 Å². The molecule has 1 amide bonds. The molecule has 0 bridgehead atoms. The normalized spacial score (nSPS) is 23.3. The largest absolute Gasteiger partial charge is 0.465 e. The van der Waals surface area contributed by atoms with Gasteiger partial charge in [-0.05, 0) is 62.3 Å². The molecule has 134 valence electrons. The molecule has 25 heavy (non-hydrogen) atoms. The molecule has 0 radical (unpaired) electrons. The topological polar surface area (TPSA) is 46.6 Å². The molecule has 2 atom stereocenters. The van der Waals surface area contributed by atoms with Crippen molar-refractivity contribution in [1.29, 1.82) is 0 Å². The zero-order chi connectivity index (χ0) is 17.6. The molecule has 1 aliphatic heterocycles. The van der Waals surface area contributed by atoms with Gasteiger partial charge in [-0.2, -0.15) is 0 Å². The number of ether oxygens (including phenoxy) is 1. The monoisotopic (exact) mass is 345 g/mol. The van der Waals surface area contributed by atoms with Gasteiger partial charge in [0.1, 0.15) is 5.82 Å². The molecule has 1 aromatic carbocycles. The number of likely N-dealkylation sites (tertiary alicyclic amines) is 1. The van der Waals surface area contributed by atoms with Crippen LogP contribution in [0.15, 0.2) is 36.4 Å². The third kappa shape index (κ3) is 4.68. The van der Waals surface area contributed by atoms with Gasteiger partial charge in [0, 0.05) is 18.7 Å². The zero-order valence-electron chi connectivity index (χ0n) is 14.3. The number of esters is 1. The molecule has 1 aliphatic carbocycles. The van der Waals surface area contributed by atoms with Crippen LogP contribution in [-0.2, 0) is 9.53 Å². The average molecular weight is 345 g/mol. The number of carbonyl (C=O) groups is 2. The van der Waals surface area contributed by atoms with Crippen molar-refractivity contribution in [3.63, 3.8) is 0 Å². The summed E-state index contributed by atoms with van der Waals surface area (Å²) in [5.74, 6) is -0.581. The van der Waals surface area contributed by atoms with Gasteiger partial charge in [0.15, 0.2) is 0 Å². The first-order valence-corrected chi connectivity index (χ1v) is 9.00. The van der Waals surface area contributed by atoms with Crippen LogP contribution in [0.1, 0.15) is 42.5 Å². The van der Waals surface area contributed by atoms with Crippen molar-refractivity contribution in [2.75, 3.05) is 19.7 Å². The van der Waals surface area contributed by atoms with Gasteiger partial charge in [-0.1, -0.05) is 12.2 Å². The quantitative estimate of drug-likeness (QED) is 0.619. The predicted molar refractivity (Wildman–Crippen MR) is 92.5 cm³/mol. The lowest BCUT2D eigenvalue weighted by atomic mass is 9.95. The first kappa shape index (κ1) is 17.6. The lowest BCUT2D eigenvalue weighted by Crippen LogP contribution is -2.43. The molecule has 0 spiro atoms. The average Bonchev–Trinajstić information content (AvgIpc) is 2.67. The van der Waals surface area contributed by atoms with Crippen molar-refractivity contribution in [3.05, 3.63) is 47.8 Å². The predicted octanol–water partition coefficient (Wildman–Crippen LogP) is 3.58. The fourth-order valence-corrected chi connectivity index (χ4v) is 3.45. The van der Waals surface area contributed by atoms with Crippen molar-refractivity contribution in [2.45, 2.75) is 32.1 Å². The summed E-state index contributed by atoms with van der Waals surface area (Å²) in [5, 5.41) is 0. The van der Waals surface area contributed by atoms with E-state index >= 15 is 0 Å². The first-order chi connectivity index (χ1) is 12.1. The molecule has 1 aromatic rings. The van der Waals surface area contributed by atoms with E-state index in [9.17, 15) is 14.0 Å². The second kappa shape index (κ2) is 8.28. The first-order valence-electron chi connectivity index (χ1n) is 9.00. The summed E-state index contributed by atoms with van der Waals surface area (Å²) in [6.45, 7) is 1.46. The number of allylic oxidation sites excluding steroid dienone is 2. The van der Waals surface area contributed by atoms with E-state index in [2.05, 4.69) is 12.2 Å². The lowest BCUT2D eigenvalue weighted by molar-refractivity contribution is -0.151. The lowest BCUT2D eigenvalue weighted by Gasteiger charge is -2.32. The number of piperidine rings is 1. The fraction of sp³-hybridized carbons (Fsp3) is 0.500. The molecule has 0 saturated carbocycles. The number of benzene rings is 1. The van der Waals surface area contributed by atoms with Crippen LogP contribution in [0.25, 0.3) is 0 Å². The molecule has 4 nitrogen and oxygen atoms in total. The van der Waals surface area contributed by atoms with Crippen LogP contribution in [0.5, 0.6) is 0 Å². The molecule has 2 unspecified atom stereocenters. The van der Waals surface area contributed by atoms with E-state index in [1.165, 1.54) is 24.3 Å². The van der Waals surface area contributed by atoms with E-state index in [-0.39, 0.29) is 23.6 Å². The molecule has 0 N–H and O–H groups in total. The Kier molecular flexibility index (Phi) is 5.84. The maximum atomic E-state index is 13.0. The van der Waals surface area contributed by atoms with Crippen LogP contribution in [-0.4, -0.2) is 36.5 Å². The number of hydrogen-bond donors (Lipinski definition) is 0. The SMILES string of the molecule is O=C(OCC1CC=CCC1)C1CCCN(C(=O)c2ccc(F)cc2)C1. The van der Waals surface area contributed by atoms with E-state index < -0.39 is 0 Å². The van der Waals surface area contributed by atoms with Crippen molar-refractivity contribution < 1.29 is 18.7 Å². The highest BCUT2D eigenvalue weighted by atomic mass is 19.1. The van der Waals surface area contributed by atoms with E-state index in [0.717, 1.165) is 32.1 Å². The Hall–Kier alpha value is -2.17. The Morgan fingerprint density at radius 3 is 2.68 bits per heavy atom. The van der Waals surface area contributed by atoms with Crippen LogP contribution in [0.2, 0.25) is 0 Å². The summed E-state index contributed by atoms with van der Waals surface area (Å²) in [4.78, 5) is 26.6. The van der Waals surface area contributed by atoms with Gasteiger partial charge in [-0.3, -0.25) is 9.59 Å². The van der Waals surface area contributed by atoms with Crippen molar-refractivity contribution in [1.82, 2.24) is 4.90 Å². The van der Waals surface area contributed by atoms with Crippen molar-refractivity contribution in [2.24, 2.45) is 11.8 Å². The van der Waals surface area contributed by atoms with Crippen LogP contribution >= 0.6 is 0 Å². The van der Waals surface area contributed by atoms with Gasteiger partial charge in [-0.15, -0.1) is 0 Å². The number of nitrogens with zero attached hydrogens (tertiary/aromatic N) is 1. The van der Waals surface area contributed by atoms with Crippen LogP contribution < -0.4 is 0 Å². The number of rotatable bonds is 4. The molecular formula is C20H24FNO3. The Morgan fingerprint density at radius 1 is 1.16 bits per heavy atom. The van der Waals surface area contributed by atoms with E-state index in [1.54, 1.807) is 4.90 Å². The second-order valence-electron chi connectivity index (χ2n) is 6.88.